The molecule has 0 unspecified atom stereocenters. The summed E-state index contributed by atoms with van der Waals surface area (Å²) in [5, 5.41) is 2.69. The first-order chi connectivity index (χ1) is 10.4. The van der Waals surface area contributed by atoms with E-state index >= 15 is 0 Å². The van der Waals surface area contributed by atoms with Crippen LogP contribution in [0.15, 0.2) is 0 Å². The Morgan fingerprint density at radius 1 is 1.04 bits per heavy atom. The molecule has 23 heavy (non-hydrogen) atoms. The molecule has 0 heterocycles. The van der Waals surface area contributed by atoms with Crippen LogP contribution in [0.2, 0.25) is 0 Å². The van der Waals surface area contributed by atoms with E-state index in [0.29, 0.717) is 12.8 Å². The molecular weight excluding hydrogens is 329 g/mol. The maximum atomic E-state index is 11.4. The Balaban J connectivity index is 0. The molecule has 0 aliphatic heterocycles. The van der Waals surface area contributed by atoms with Crippen molar-refractivity contribution in [2.24, 2.45) is 0 Å². The summed E-state index contributed by atoms with van der Waals surface area (Å²) >= 11 is 0. The fraction of sp³-hybridized carbons (Fsp3) is 0.933. The largest absolute Gasteiger partial charge is 1.00 e. The normalized spacial score (nSPS) is 12.5. The second-order valence-corrected chi connectivity index (χ2v) is 6.63. The topological polar surface area (TPSA) is 95.5 Å². The molecule has 0 aromatic rings. The van der Waals surface area contributed by atoms with E-state index in [1.165, 1.54) is 32.1 Å². The molecule has 0 aliphatic rings. The number of carbonyl (C=O) groups excluding carboxylic acids is 1. The third-order valence-electron chi connectivity index (χ3n) is 3.51. The number of amides is 1. The summed E-state index contributed by atoms with van der Waals surface area (Å²) in [5.74, 6) is -0.170. The maximum Gasteiger partial charge on any atom is 1.00 e. The van der Waals surface area contributed by atoms with Crippen LogP contribution in [0.1, 0.15) is 78.1 Å². The molecule has 0 aromatic carbocycles. The molecule has 0 rings (SSSR count). The van der Waals surface area contributed by atoms with Crippen molar-refractivity contribution in [2.75, 3.05) is 6.61 Å². The summed E-state index contributed by atoms with van der Waals surface area (Å²) in [6.07, 6.45) is 10.2. The van der Waals surface area contributed by atoms with Crippen LogP contribution in [0.3, 0.4) is 0 Å². The predicted molar refractivity (Wildman–Crippen MR) is 85.1 cm³/mol. The zero-order chi connectivity index (χ0) is 16.8. The van der Waals surface area contributed by atoms with Crippen LogP contribution in [-0.4, -0.2) is 31.5 Å². The quantitative estimate of drug-likeness (QED) is 0.202. The van der Waals surface area contributed by atoms with Gasteiger partial charge in [-0.1, -0.05) is 65.2 Å². The zero-order valence-electron chi connectivity index (χ0n) is 14.8. The Morgan fingerprint density at radius 2 is 1.57 bits per heavy atom. The van der Waals surface area contributed by atoms with Crippen molar-refractivity contribution >= 4 is 16.3 Å². The summed E-state index contributed by atoms with van der Waals surface area (Å²) < 4.78 is 35.8. The zero-order valence-corrected chi connectivity index (χ0v) is 17.6. The SMILES string of the molecule is CCCCCCCCCC[C@@H](COS(=O)(=O)[O-])NC(=O)CC.[Na+]. The van der Waals surface area contributed by atoms with E-state index in [-0.39, 0.29) is 42.1 Å². The van der Waals surface area contributed by atoms with Crippen LogP contribution >= 0.6 is 0 Å². The van der Waals surface area contributed by atoms with Gasteiger partial charge in [0.15, 0.2) is 0 Å². The van der Waals surface area contributed by atoms with Crippen molar-refractivity contribution < 1.29 is 51.5 Å². The third-order valence-corrected chi connectivity index (χ3v) is 3.93. The fourth-order valence-corrected chi connectivity index (χ4v) is 2.55. The molecule has 0 aliphatic carbocycles. The fourth-order valence-electron chi connectivity index (χ4n) is 2.22. The van der Waals surface area contributed by atoms with Crippen LogP contribution in [0, 0.1) is 0 Å². The minimum atomic E-state index is -4.71. The van der Waals surface area contributed by atoms with E-state index < -0.39 is 16.4 Å². The first-order valence-electron chi connectivity index (χ1n) is 8.28. The molecule has 1 atom stereocenters. The Kier molecular flexibility index (Phi) is 17.6. The van der Waals surface area contributed by atoms with E-state index in [1.807, 2.05) is 0 Å². The second-order valence-electron chi connectivity index (χ2n) is 5.57. The van der Waals surface area contributed by atoms with Gasteiger partial charge in [0.1, 0.15) is 0 Å². The number of carbonyl (C=O) groups is 1. The molecular formula is C15H30NNaO5S. The predicted octanol–water partition coefficient (Wildman–Crippen LogP) is -0.107. The second kappa shape index (κ2) is 15.8. The van der Waals surface area contributed by atoms with Crippen molar-refractivity contribution in [1.29, 1.82) is 0 Å². The minimum Gasteiger partial charge on any atom is -0.726 e. The van der Waals surface area contributed by atoms with E-state index in [2.05, 4.69) is 16.4 Å². The Bertz CT molecular complexity index is 389. The molecule has 6 nitrogen and oxygen atoms in total. The molecule has 0 fully saturated rings. The summed E-state index contributed by atoms with van der Waals surface area (Å²) in [5.41, 5.74) is 0. The van der Waals surface area contributed by atoms with E-state index in [9.17, 15) is 17.8 Å². The molecule has 0 bridgehead atoms. The average Bonchev–Trinajstić information content (AvgIpc) is 2.46. The van der Waals surface area contributed by atoms with Crippen molar-refractivity contribution in [3.05, 3.63) is 0 Å². The molecule has 0 radical (unpaired) electrons. The summed E-state index contributed by atoms with van der Waals surface area (Å²) in [4.78, 5) is 11.4. The molecule has 0 saturated carbocycles. The van der Waals surface area contributed by atoms with Gasteiger partial charge < -0.3 is 9.87 Å². The van der Waals surface area contributed by atoms with Gasteiger partial charge in [0, 0.05) is 6.42 Å². The van der Waals surface area contributed by atoms with Gasteiger partial charge >= 0.3 is 29.6 Å². The number of unbranched alkanes of at least 4 members (excludes halogenated alkanes) is 7. The molecule has 0 aromatic heterocycles. The van der Waals surface area contributed by atoms with E-state index in [4.69, 9.17) is 0 Å². The maximum absolute atomic E-state index is 11.4. The van der Waals surface area contributed by atoms with Gasteiger partial charge in [0.2, 0.25) is 16.3 Å². The van der Waals surface area contributed by atoms with Crippen molar-refractivity contribution in [3.63, 3.8) is 0 Å². The molecule has 1 amide bonds. The van der Waals surface area contributed by atoms with Gasteiger partial charge in [-0.05, 0) is 6.42 Å². The van der Waals surface area contributed by atoms with Crippen LogP contribution < -0.4 is 34.9 Å². The van der Waals surface area contributed by atoms with Gasteiger partial charge in [0.25, 0.3) is 0 Å². The van der Waals surface area contributed by atoms with Gasteiger partial charge in [0.05, 0.1) is 12.6 Å². The number of hydrogen-bond donors (Lipinski definition) is 1. The van der Waals surface area contributed by atoms with Crippen molar-refractivity contribution in [1.82, 2.24) is 5.32 Å². The summed E-state index contributed by atoms with van der Waals surface area (Å²) in [7, 11) is -4.71. The molecule has 1 N–H and O–H groups in total. The molecule has 8 heteroatoms. The first kappa shape index (κ1) is 25.6. The van der Waals surface area contributed by atoms with Crippen LogP contribution in [0.5, 0.6) is 0 Å². The molecule has 0 spiro atoms. The van der Waals surface area contributed by atoms with Crippen LogP contribution in [0.4, 0.5) is 0 Å². The van der Waals surface area contributed by atoms with E-state index in [0.717, 1.165) is 19.3 Å². The third kappa shape index (κ3) is 18.5. The average molecular weight is 359 g/mol. The summed E-state index contributed by atoms with van der Waals surface area (Å²) in [6, 6.07) is -0.420. The van der Waals surface area contributed by atoms with Gasteiger partial charge in [-0.2, -0.15) is 0 Å². The monoisotopic (exact) mass is 359 g/mol. The number of hydrogen-bond acceptors (Lipinski definition) is 5. The van der Waals surface area contributed by atoms with Crippen LogP contribution in [0.25, 0.3) is 0 Å². The minimum absolute atomic E-state index is 0. The van der Waals surface area contributed by atoms with E-state index in [1.54, 1.807) is 6.92 Å². The van der Waals surface area contributed by atoms with Gasteiger partial charge in [-0.15, -0.1) is 0 Å². The Hall–Kier alpha value is 0.340. The first-order valence-corrected chi connectivity index (χ1v) is 9.62. The summed E-state index contributed by atoms with van der Waals surface area (Å²) in [6.45, 7) is 3.62. The number of nitrogens with one attached hydrogen (secondary N) is 1. The Morgan fingerprint density at radius 3 is 2.04 bits per heavy atom. The molecule has 0 saturated heterocycles. The number of rotatable bonds is 14. The smallest absolute Gasteiger partial charge is 0.726 e. The van der Waals surface area contributed by atoms with Gasteiger partial charge in [-0.25, -0.2) is 8.42 Å². The molecule has 132 valence electrons. The van der Waals surface area contributed by atoms with Crippen molar-refractivity contribution in [3.8, 4) is 0 Å². The van der Waals surface area contributed by atoms with Gasteiger partial charge in [-0.3, -0.25) is 8.98 Å². The van der Waals surface area contributed by atoms with Crippen LogP contribution in [-0.2, 0) is 19.4 Å². The Labute approximate surface area is 163 Å². The van der Waals surface area contributed by atoms with Crippen molar-refractivity contribution in [2.45, 2.75) is 84.1 Å². The standard InChI is InChI=1S/C15H31NO5S.Na/c1-3-5-6-7-8-9-10-11-12-14(16-15(17)4-2)13-21-22(18,19)20;/h14H,3-13H2,1-2H3,(H,16,17)(H,18,19,20);/q;+1/p-1/t14-;/m0./s1.